The zero-order valence-electron chi connectivity index (χ0n) is 11.1. The Hall–Kier alpha value is -1.79. The summed E-state index contributed by atoms with van der Waals surface area (Å²) in [5.41, 5.74) is 5.02. The molecule has 3 aromatic rings. The van der Waals surface area contributed by atoms with Crippen LogP contribution in [0.25, 0.3) is 21.9 Å². The van der Waals surface area contributed by atoms with Crippen molar-refractivity contribution in [2.75, 3.05) is 0 Å². The Morgan fingerprint density at radius 3 is 2.26 bits per heavy atom. The van der Waals surface area contributed by atoms with Crippen LogP contribution in [-0.2, 0) is 0 Å². The Morgan fingerprint density at radius 1 is 0.789 bits per heavy atom. The zero-order valence-corrected chi connectivity index (χ0v) is 11.8. The van der Waals surface area contributed by atoms with Gasteiger partial charge in [-0.15, -0.1) is 0 Å². The van der Waals surface area contributed by atoms with Gasteiger partial charge in [-0.25, -0.2) is 0 Å². The zero-order chi connectivity index (χ0) is 13.4. The molecule has 0 unspecified atom stereocenters. The number of fused-ring (bicyclic) bond motifs is 1. The lowest BCUT2D eigenvalue weighted by Crippen LogP contribution is -1.90. The summed E-state index contributed by atoms with van der Waals surface area (Å²) in [6.45, 7) is 4.27. The molecule has 0 saturated carbocycles. The van der Waals surface area contributed by atoms with E-state index >= 15 is 0 Å². The lowest BCUT2D eigenvalue weighted by Gasteiger charge is -2.14. The van der Waals surface area contributed by atoms with Crippen molar-refractivity contribution in [1.82, 2.24) is 0 Å². The minimum absolute atomic E-state index is 0.830. The van der Waals surface area contributed by atoms with Crippen molar-refractivity contribution in [2.45, 2.75) is 13.8 Å². The second kappa shape index (κ2) is 4.71. The van der Waals surface area contributed by atoms with Gasteiger partial charge in [-0.3, -0.25) is 0 Å². The highest BCUT2D eigenvalue weighted by Gasteiger charge is 2.11. The van der Waals surface area contributed by atoms with Crippen LogP contribution in [0.4, 0.5) is 0 Å². The lowest BCUT2D eigenvalue weighted by molar-refractivity contribution is 1.46. The number of benzene rings is 3. The Labute approximate surface area is 118 Å². The van der Waals surface area contributed by atoms with Crippen LogP contribution >= 0.6 is 11.6 Å². The first-order chi connectivity index (χ1) is 9.18. The van der Waals surface area contributed by atoms with Crippen molar-refractivity contribution < 1.29 is 0 Å². The van der Waals surface area contributed by atoms with Crippen molar-refractivity contribution in [2.24, 2.45) is 0 Å². The minimum atomic E-state index is 0.830. The molecule has 3 aromatic carbocycles. The number of aryl methyl sites for hydroxylation is 2. The van der Waals surface area contributed by atoms with E-state index in [1.165, 1.54) is 27.6 Å². The van der Waals surface area contributed by atoms with Crippen LogP contribution in [0.5, 0.6) is 0 Å². The van der Waals surface area contributed by atoms with Crippen LogP contribution in [0.1, 0.15) is 11.1 Å². The molecule has 0 aromatic heterocycles. The molecular formula is C18H15Cl. The number of hydrogen-bond acceptors (Lipinski definition) is 0. The topological polar surface area (TPSA) is 0 Å². The number of halogens is 1. The fraction of sp³-hybridized carbons (Fsp3) is 0.111. The summed E-state index contributed by atoms with van der Waals surface area (Å²) in [5, 5.41) is 3.22. The summed E-state index contributed by atoms with van der Waals surface area (Å²) in [6, 6.07) is 18.9. The van der Waals surface area contributed by atoms with Gasteiger partial charge in [-0.1, -0.05) is 60.1 Å². The average molecular weight is 267 g/mol. The van der Waals surface area contributed by atoms with E-state index in [0.717, 1.165) is 10.4 Å². The van der Waals surface area contributed by atoms with Crippen molar-refractivity contribution in [3.8, 4) is 11.1 Å². The molecule has 0 fully saturated rings. The Kier molecular flexibility index (Phi) is 3.04. The van der Waals surface area contributed by atoms with E-state index in [1.807, 2.05) is 6.07 Å². The third-order valence-electron chi connectivity index (χ3n) is 3.58. The maximum atomic E-state index is 6.39. The molecule has 94 valence electrons. The summed E-state index contributed by atoms with van der Waals surface area (Å²) in [7, 11) is 0. The smallest absolute Gasteiger partial charge is 0.0487 e. The molecule has 0 spiro atoms. The number of rotatable bonds is 1. The van der Waals surface area contributed by atoms with Gasteiger partial charge in [0, 0.05) is 10.4 Å². The van der Waals surface area contributed by atoms with E-state index in [1.54, 1.807) is 0 Å². The van der Waals surface area contributed by atoms with Crippen molar-refractivity contribution in [1.29, 1.82) is 0 Å². The highest BCUT2D eigenvalue weighted by Crippen LogP contribution is 2.37. The van der Waals surface area contributed by atoms with Gasteiger partial charge in [0.15, 0.2) is 0 Å². The number of hydrogen-bond donors (Lipinski definition) is 0. The van der Waals surface area contributed by atoms with E-state index in [0.29, 0.717) is 0 Å². The monoisotopic (exact) mass is 266 g/mol. The second-order valence-electron chi connectivity index (χ2n) is 4.91. The van der Waals surface area contributed by atoms with Gasteiger partial charge >= 0.3 is 0 Å². The summed E-state index contributed by atoms with van der Waals surface area (Å²) in [6.07, 6.45) is 0. The molecule has 0 aliphatic carbocycles. The summed E-state index contributed by atoms with van der Waals surface area (Å²) in [4.78, 5) is 0. The third-order valence-corrected chi connectivity index (χ3v) is 3.89. The molecule has 0 aliphatic rings. The molecule has 0 amide bonds. The Morgan fingerprint density at radius 2 is 1.53 bits per heavy atom. The van der Waals surface area contributed by atoms with E-state index < -0.39 is 0 Å². The summed E-state index contributed by atoms with van der Waals surface area (Å²) in [5.74, 6) is 0. The van der Waals surface area contributed by atoms with Gasteiger partial charge in [0.25, 0.3) is 0 Å². The van der Waals surface area contributed by atoms with Crippen LogP contribution in [0.3, 0.4) is 0 Å². The van der Waals surface area contributed by atoms with Gasteiger partial charge in [0.05, 0.1) is 0 Å². The molecule has 3 rings (SSSR count). The van der Waals surface area contributed by atoms with E-state index in [-0.39, 0.29) is 0 Å². The van der Waals surface area contributed by atoms with E-state index in [4.69, 9.17) is 11.6 Å². The molecule has 0 bridgehead atoms. The van der Waals surface area contributed by atoms with Crippen molar-refractivity contribution in [3.05, 3.63) is 70.7 Å². The van der Waals surface area contributed by atoms with Gasteiger partial charge in [0.1, 0.15) is 0 Å². The molecule has 0 heterocycles. The molecule has 0 saturated heterocycles. The van der Waals surface area contributed by atoms with Gasteiger partial charge in [-0.2, -0.15) is 0 Å². The predicted octanol–water partition coefficient (Wildman–Crippen LogP) is 5.78. The molecule has 0 N–H and O–H groups in total. The molecule has 0 radical (unpaired) electrons. The molecule has 0 nitrogen and oxygen atoms in total. The summed E-state index contributed by atoms with van der Waals surface area (Å²) >= 11 is 6.39. The first-order valence-corrected chi connectivity index (χ1v) is 6.80. The molecule has 0 aliphatic heterocycles. The van der Waals surface area contributed by atoms with Crippen LogP contribution in [-0.4, -0.2) is 0 Å². The van der Waals surface area contributed by atoms with Crippen molar-refractivity contribution >= 4 is 22.4 Å². The van der Waals surface area contributed by atoms with Crippen LogP contribution in [0, 0.1) is 13.8 Å². The first-order valence-electron chi connectivity index (χ1n) is 6.42. The predicted molar refractivity (Wildman–Crippen MR) is 83.9 cm³/mol. The molecule has 0 atom stereocenters. The van der Waals surface area contributed by atoms with Crippen molar-refractivity contribution in [3.63, 3.8) is 0 Å². The van der Waals surface area contributed by atoms with Crippen LogP contribution < -0.4 is 0 Å². The lowest BCUT2D eigenvalue weighted by atomic mass is 9.91. The van der Waals surface area contributed by atoms with E-state index in [2.05, 4.69) is 62.4 Å². The van der Waals surface area contributed by atoms with E-state index in [9.17, 15) is 0 Å². The quantitative estimate of drug-likeness (QED) is 0.524. The fourth-order valence-electron chi connectivity index (χ4n) is 2.71. The highest BCUT2D eigenvalue weighted by molar-refractivity contribution is 6.36. The van der Waals surface area contributed by atoms with Gasteiger partial charge < -0.3 is 0 Å². The fourth-order valence-corrected chi connectivity index (χ4v) is 3.03. The average Bonchev–Trinajstić information content (AvgIpc) is 2.41. The normalized spacial score (nSPS) is 10.9. The Bertz CT molecular complexity index is 742. The third kappa shape index (κ3) is 2.02. The van der Waals surface area contributed by atoms with Crippen LogP contribution in [0.15, 0.2) is 54.6 Å². The first kappa shape index (κ1) is 12.3. The Balaban J connectivity index is 2.48. The largest absolute Gasteiger partial charge is 0.0837 e. The SMILES string of the molecule is Cc1cc(Cl)c2cccc(C)c2c1-c1ccccc1. The molecular weight excluding hydrogens is 252 g/mol. The second-order valence-corrected chi connectivity index (χ2v) is 5.32. The standard InChI is InChI=1S/C18H15Cl/c1-12-7-6-10-15-16(19)11-13(2)17(18(12)15)14-8-4-3-5-9-14/h3-11H,1-2H3. The van der Waals surface area contributed by atoms with Gasteiger partial charge in [0.2, 0.25) is 0 Å². The van der Waals surface area contributed by atoms with Crippen LogP contribution in [0.2, 0.25) is 5.02 Å². The summed E-state index contributed by atoms with van der Waals surface area (Å²) < 4.78 is 0. The highest BCUT2D eigenvalue weighted by atomic mass is 35.5. The maximum Gasteiger partial charge on any atom is 0.0487 e. The van der Waals surface area contributed by atoms with Gasteiger partial charge in [-0.05, 0) is 47.6 Å². The maximum absolute atomic E-state index is 6.39. The molecule has 1 heteroatoms. The minimum Gasteiger partial charge on any atom is -0.0837 e. The molecule has 19 heavy (non-hydrogen) atoms.